The fraction of sp³-hybridized carbons (Fsp3) is 0.0800. The van der Waals surface area contributed by atoms with Crippen LogP contribution in [0.15, 0.2) is 66.5 Å². The van der Waals surface area contributed by atoms with Crippen molar-refractivity contribution >= 4 is 35.1 Å². The van der Waals surface area contributed by atoms with Crippen molar-refractivity contribution in [3.8, 4) is 11.8 Å². The molecular weight excluding hydrogens is 415 g/mol. The highest BCUT2D eigenvalue weighted by molar-refractivity contribution is 6.36. The molecular formula is C25H16ClFN2O2. The molecule has 1 aliphatic heterocycles. The van der Waals surface area contributed by atoms with E-state index in [2.05, 4.69) is 16.8 Å². The minimum absolute atomic E-state index is 0.0274. The number of fused-ring (bicyclic) bond motifs is 1. The van der Waals surface area contributed by atoms with Gasteiger partial charge in [-0.1, -0.05) is 35.6 Å². The maximum absolute atomic E-state index is 13.8. The van der Waals surface area contributed by atoms with Gasteiger partial charge in [-0.3, -0.25) is 14.6 Å². The number of pyridine rings is 1. The molecule has 6 heteroatoms. The molecule has 0 fully saturated rings. The van der Waals surface area contributed by atoms with E-state index < -0.39 is 17.5 Å². The molecule has 4 nitrogen and oxygen atoms in total. The smallest absolute Gasteiger partial charge is 0.262 e. The molecule has 152 valence electrons. The predicted molar refractivity (Wildman–Crippen MR) is 118 cm³/mol. The first-order valence-electron chi connectivity index (χ1n) is 9.45. The van der Waals surface area contributed by atoms with Gasteiger partial charge in [0.2, 0.25) is 5.78 Å². The first kappa shape index (κ1) is 20.5. The van der Waals surface area contributed by atoms with Crippen molar-refractivity contribution in [2.24, 2.45) is 0 Å². The average molecular weight is 431 g/mol. The van der Waals surface area contributed by atoms with Gasteiger partial charge in [-0.2, -0.15) is 0 Å². The van der Waals surface area contributed by atoms with E-state index in [4.69, 9.17) is 11.6 Å². The van der Waals surface area contributed by atoms with Crippen molar-refractivity contribution in [3.63, 3.8) is 0 Å². The molecule has 2 aromatic carbocycles. The van der Waals surface area contributed by atoms with E-state index in [0.717, 1.165) is 5.56 Å². The normalized spacial score (nSPS) is 14.3. The summed E-state index contributed by atoms with van der Waals surface area (Å²) in [5, 5.41) is -0.0274. The largest absolute Gasteiger partial charge is 0.311 e. The summed E-state index contributed by atoms with van der Waals surface area (Å²) in [5.41, 5.74) is 2.87. The van der Waals surface area contributed by atoms with Gasteiger partial charge in [0.25, 0.3) is 5.91 Å². The Hall–Kier alpha value is -3.75. The monoisotopic (exact) mass is 430 g/mol. The Morgan fingerprint density at radius 1 is 1.16 bits per heavy atom. The Kier molecular flexibility index (Phi) is 5.66. The van der Waals surface area contributed by atoms with Crippen molar-refractivity contribution in [3.05, 3.63) is 99.6 Å². The lowest BCUT2D eigenvalue weighted by Gasteiger charge is -2.26. The predicted octanol–water partition coefficient (Wildman–Crippen LogP) is 4.71. The fourth-order valence-electron chi connectivity index (χ4n) is 3.27. The van der Waals surface area contributed by atoms with Crippen molar-refractivity contribution in [2.45, 2.75) is 6.42 Å². The topological polar surface area (TPSA) is 50.3 Å². The number of hydrogen-bond acceptors (Lipinski definition) is 3. The quantitative estimate of drug-likeness (QED) is 0.336. The van der Waals surface area contributed by atoms with Crippen molar-refractivity contribution in [2.75, 3.05) is 11.9 Å². The van der Waals surface area contributed by atoms with Crippen LogP contribution in [0.1, 0.15) is 27.0 Å². The number of carbonyl (C=O) groups excluding carboxylic acids is 2. The maximum atomic E-state index is 13.8. The van der Waals surface area contributed by atoms with E-state index in [9.17, 15) is 14.0 Å². The SMILES string of the molecule is CN1C(=O)/C(=C/c2ccc(Cl)c(F)c2)C(=O)c2cc(C#CCc3cccnc3)ccc21. The molecule has 1 aliphatic rings. The van der Waals surface area contributed by atoms with Gasteiger partial charge in [-0.05, 0) is 53.6 Å². The van der Waals surface area contributed by atoms with Crippen LogP contribution in [0.3, 0.4) is 0 Å². The summed E-state index contributed by atoms with van der Waals surface area (Å²) in [5.74, 6) is 4.62. The van der Waals surface area contributed by atoms with Gasteiger partial charge in [0, 0.05) is 37.0 Å². The zero-order valence-corrected chi connectivity index (χ0v) is 17.3. The highest BCUT2D eigenvalue weighted by Crippen LogP contribution is 2.31. The number of halogens is 2. The molecule has 3 aromatic rings. The van der Waals surface area contributed by atoms with Gasteiger partial charge >= 0.3 is 0 Å². The van der Waals surface area contributed by atoms with Crippen LogP contribution in [0.4, 0.5) is 10.1 Å². The Morgan fingerprint density at radius 2 is 2.00 bits per heavy atom. The molecule has 2 heterocycles. The van der Waals surface area contributed by atoms with Crippen molar-refractivity contribution in [1.82, 2.24) is 4.98 Å². The van der Waals surface area contributed by atoms with Crippen LogP contribution < -0.4 is 4.90 Å². The molecule has 0 saturated carbocycles. The third-order valence-electron chi connectivity index (χ3n) is 4.88. The standard InChI is InChI=1S/C25H16ClFN2O2/c1-29-23-10-8-16(4-2-5-17-6-3-11-28-15-17)12-19(23)24(30)20(25(29)31)13-18-7-9-21(26)22(27)14-18/h3,6-15H,5H2,1H3/b20-13+. The van der Waals surface area contributed by atoms with Gasteiger partial charge in [0.05, 0.1) is 16.3 Å². The van der Waals surface area contributed by atoms with Crippen LogP contribution >= 0.6 is 11.6 Å². The lowest BCUT2D eigenvalue weighted by Crippen LogP contribution is -2.36. The molecule has 0 spiro atoms. The number of ketones is 1. The van der Waals surface area contributed by atoms with E-state index in [1.807, 2.05) is 12.1 Å². The maximum Gasteiger partial charge on any atom is 0.262 e. The Labute approximate surface area is 184 Å². The number of benzene rings is 2. The second-order valence-corrected chi connectivity index (χ2v) is 7.40. The first-order chi connectivity index (χ1) is 14.9. The number of likely N-dealkylation sites (N-methyl/N-ethyl adjacent to an activating group) is 1. The second-order valence-electron chi connectivity index (χ2n) is 7.00. The van der Waals surface area contributed by atoms with Gasteiger partial charge in [-0.25, -0.2) is 4.39 Å². The summed E-state index contributed by atoms with van der Waals surface area (Å²) >= 11 is 5.71. The molecule has 0 radical (unpaired) electrons. The minimum atomic E-state index is -0.619. The molecule has 0 N–H and O–H groups in total. The third kappa shape index (κ3) is 4.25. The van der Waals surface area contributed by atoms with Crippen molar-refractivity contribution in [1.29, 1.82) is 0 Å². The Balaban J connectivity index is 1.67. The molecule has 1 aromatic heterocycles. The zero-order valence-electron chi connectivity index (χ0n) is 16.5. The van der Waals surface area contributed by atoms with E-state index in [0.29, 0.717) is 28.8 Å². The van der Waals surface area contributed by atoms with Gasteiger partial charge in [-0.15, -0.1) is 0 Å². The van der Waals surface area contributed by atoms with Crippen LogP contribution in [0.25, 0.3) is 6.08 Å². The molecule has 4 rings (SSSR count). The number of hydrogen-bond donors (Lipinski definition) is 0. The number of aromatic nitrogens is 1. The Bertz CT molecular complexity index is 1290. The molecule has 0 aliphatic carbocycles. The molecule has 0 saturated heterocycles. The highest BCUT2D eigenvalue weighted by atomic mass is 35.5. The summed E-state index contributed by atoms with van der Waals surface area (Å²) in [6.07, 6.45) is 5.37. The number of Topliss-reactive ketones (excluding diaryl/α,β-unsaturated/α-hetero) is 1. The summed E-state index contributed by atoms with van der Waals surface area (Å²) < 4.78 is 13.8. The summed E-state index contributed by atoms with van der Waals surface area (Å²) in [6.45, 7) is 0. The van der Waals surface area contributed by atoms with E-state index >= 15 is 0 Å². The van der Waals surface area contributed by atoms with E-state index in [-0.39, 0.29) is 10.6 Å². The number of carbonyl (C=O) groups is 2. The lowest BCUT2D eigenvalue weighted by atomic mass is 9.92. The van der Waals surface area contributed by atoms with Crippen LogP contribution in [-0.4, -0.2) is 23.7 Å². The van der Waals surface area contributed by atoms with Crippen LogP contribution in [0.2, 0.25) is 5.02 Å². The minimum Gasteiger partial charge on any atom is -0.311 e. The van der Waals surface area contributed by atoms with Crippen LogP contribution in [0, 0.1) is 17.7 Å². The van der Waals surface area contributed by atoms with Gasteiger partial charge in [0.1, 0.15) is 5.82 Å². The zero-order chi connectivity index (χ0) is 22.0. The van der Waals surface area contributed by atoms with E-state index in [1.165, 1.54) is 23.1 Å². The number of amides is 1. The molecule has 0 unspecified atom stereocenters. The van der Waals surface area contributed by atoms with E-state index in [1.54, 1.807) is 43.7 Å². The molecule has 0 bridgehead atoms. The third-order valence-corrected chi connectivity index (χ3v) is 5.19. The van der Waals surface area contributed by atoms with Gasteiger partial charge in [0.15, 0.2) is 0 Å². The fourth-order valence-corrected chi connectivity index (χ4v) is 3.39. The molecule has 1 amide bonds. The Morgan fingerprint density at radius 3 is 2.74 bits per heavy atom. The van der Waals surface area contributed by atoms with Gasteiger partial charge < -0.3 is 4.90 Å². The second kappa shape index (κ2) is 8.55. The van der Waals surface area contributed by atoms with Crippen LogP contribution in [-0.2, 0) is 11.2 Å². The van der Waals surface area contributed by atoms with Crippen molar-refractivity contribution < 1.29 is 14.0 Å². The summed E-state index contributed by atoms with van der Waals surface area (Å²) in [4.78, 5) is 31.3. The number of nitrogens with zero attached hydrogens (tertiary/aromatic N) is 2. The summed E-state index contributed by atoms with van der Waals surface area (Å²) in [7, 11) is 1.59. The number of rotatable bonds is 2. The highest BCUT2D eigenvalue weighted by Gasteiger charge is 2.32. The molecule has 31 heavy (non-hydrogen) atoms. The van der Waals surface area contributed by atoms with Crippen LogP contribution in [0.5, 0.6) is 0 Å². The molecule has 0 atom stereocenters. The average Bonchev–Trinajstić information content (AvgIpc) is 2.78. The number of anilines is 1. The first-order valence-corrected chi connectivity index (χ1v) is 9.83. The summed E-state index contributed by atoms with van der Waals surface area (Å²) in [6, 6.07) is 13.1. The lowest BCUT2D eigenvalue weighted by molar-refractivity contribution is -0.114.